The Morgan fingerprint density at radius 2 is 0.524 bits per heavy atom. The molecule has 0 aliphatic heterocycles. The Labute approximate surface area is 636 Å². The average molecular weight is 1500 g/mol. The number of aliphatic hydroxyl groups is 2. The summed E-state index contributed by atoms with van der Waals surface area (Å²) >= 11 is 0. The van der Waals surface area contributed by atoms with Gasteiger partial charge in [-0.3, -0.25) is 32.5 Å². The first-order chi connectivity index (χ1) is 51.2. The lowest BCUT2D eigenvalue weighted by molar-refractivity contribution is -0.161. The SMILES string of the molecule is CC/C=C\C/C=C\C/C=C\C/C=C\C/C=C\C/C=C\CCCCC(=O)OCC(COP(=O)(O)OCC(O)COP(=O)(O)OCC(O)COC(=O)CCCCCCCCCCCCCCC/C=C\C/C=C\C/C=C\C/C=C\CCCCC)OC(=O)CC/C=C\C/C=C\C/C=C\C/C=C\C/C=C\C/C=C\CC. The highest BCUT2D eigenvalue weighted by Gasteiger charge is 2.29. The maximum atomic E-state index is 12.9. The maximum absolute atomic E-state index is 12.9. The molecule has 5 unspecified atom stereocenters. The quantitative estimate of drug-likeness (QED) is 0.0146. The van der Waals surface area contributed by atoms with Crippen LogP contribution in [0.5, 0.6) is 0 Å². The Morgan fingerprint density at radius 1 is 0.276 bits per heavy atom. The molecule has 4 N–H and O–H groups in total. The zero-order valence-electron chi connectivity index (χ0n) is 64.8. The Bertz CT molecular complexity index is 2690. The van der Waals surface area contributed by atoms with Crippen molar-refractivity contribution in [1.29, 1.82) is 0 Å². The summed E-state index contributed by atoms with van der Waals surface area (Å²) < 4.78 is 61.0. The molecule has 0 heterocycles. The molecule has 5 atom stereocenters. The third-order valence-electron chi connectivity index (χ3n) is 15.8. The van der Waals surface area contributed by atoms with Crippen LogP contribution in [-0.2, 0) is 55.8 Å². The number of carbonyl (C=O) groups is 3. The molecule has 0 saturated carbocycles. The molecule has 594 valence electrons. The molecule has 0 bridgehead atoms. The van der Waals surface area contributed by atoms with Crippen LogP contribution in [0.15, 0.2) is 194 Å². The second-order valence-electron chi connectivity index (χ2n) is 25.7. The van der Waals surface area contributed by atoms with Gasteiger partial charge in [-0.05, 0) is 154 Å². The number of esters is 3. The Hall–Kier alpha value is -5.61. The first kappa shape index (κ1) is 99.4. The van der Waals surface area contributed by atoms with Gasteiger partial charge in [-0.15, -0.1) is 0 Å². The number of carbonyl (C=O) groups excluding carboxylic acids is 3. The molecule has 0 rings (SSSR count). The number of allylic oxidation sites excluding steroid dienone is 32. The maximum Gasteiger partial charge on any atom is 0.472 e. The third kappa shape index (κ3) is 79.3. The first-order valence-electron chi connectivity index (χ1n) is 39.7. The van der Waals surface area contributed by atoms with Crippen molar-refractivity contribution in [2.75, 3.05) is 39.6 Å². The molecule has 0 aromatic rings. The van der Waals surface area contributed by atoms with Crippen LogP contribution in [0.3, 0.4) is 0 Å². The van der Waals surface area contributed by atoms with E-state index in [0.29, 0.717) is 25.7 Å². The van der Waals surface area contributed by atoms with Crippen LogP contribution in [0, 0.1) is 0 Å². The summed E-state index contributed by atoms with van der Waals surface area (Å²) in [4.78, 5) is 58.6. The van der Waals surface area contributed by atoms with Gasteiger partial charge in [-0.25, -0.2) is 9.13 Å². The number of hydrogen-bond donors (Lipinski definition) is 4. The zero-order chi connectivity index (χ0) is 76.6. The van der Waals surface area contributed by atoms with Crippen molar-refractivity contribution in [3.63, 3.8) is 0 Å². The molecule has 0 aromatic carbocycles. The van der Waals surface area contributed by atoms with Gasteiger partial charge >= 0.3 is 33.6 Å². The van der Waals surface area contributed by atoms with E-state index in [0.717, 1.165) is 128 Å². The number of phosphoric ester groups is 2. The summed E-state index contributed by atoms with van der Waals surface area (Å²) in [6.45, 7) is 2.26. The standard InChI is InChI=1S/C87H140O16P2/c1-4-7-10-13-16-19-22-25-28-31-34-36-37-38-39-40-41-42-43-45-48-49-52-55-58-61-64-67-70-73-85(90)97-76-82(88)77-99-104(93,94)100-78-83(89)79-101-105(95,96)102-81-84(103-87(92)75-72-69-66-63-60-57-54-51-46-33-30-27-24-21-18-15-12-9-6-3)80-98-86(91)74-71-68-65-62-59-56-53-50-47-44-35-32-29-26-23-20-17-14-11-8-5-2/h8-9,11-12,16-21,25-30,34-36,38-39,44,46,50-51,53,57,59-60,62,66,69,82-84,88-89H,4-7,10,13-15,22-24,31-33,37,40-43,45,47-49,52,54-56,58,61,63-65,67-68,70-81H2,1-3H3,(H,93,94)(H,95,96)/b11-8-,12-9-,19-16-,20-17-,21-18-,28-25-,29-26-,30-27-,36-34-,39-38-,44-35-,51-46-,53-50-,60-57-,62-59-,69-66-. The van der Waals surface area contributed by atoms with Crippen LogP contribution >= 0.6 is 15.6 Å². The Morgan fingerprint density at radius 3 is 0.857 bits per heavy atom. The van der Waals surface area contributed by atoms with Gasteiger partial charge in [0.25, 0.3) is 0 Å². The second kappa shape index (κ2) is 78.0. The lowest BCUT2D eigenvalue weighted by Crippen LogP contribution is -2.29. The predicted octanol–water partition coefficient (Wildman–Crippen LogP) is 23.5. The van der Waals surface area contributed by atoms with E-state index < -0.39 is 91.5 Å². The molecule has 18 heteroatoms. The number of hydrogen-bond acceptors (Lipinski definition) is 14. The average Bonchev–Trinajstić information content (AvgIpc) is 0.923. The van der Waals surface area contributed by atoms with Crippen molar-refractivity contribution in [3.8, 4) is 0 Å². The van der Waals surface area contributed by atoms with Crippen molar-refractivity contribution in [2.45, 2.75) is 296 Å². The van der Waals surface area contributed by atoms with Gasteiger partial charge in [-0.1, -0.05) is 299 Å². The molecule has 0 spiro atoms. The van der Waals surface area contributed by atoms with E-state index in [1.807, 2.05) is 18.2 Å². The molecule has 0 amide bonds. The highest BCUT2D eigenvalue weighted by molar-refractivity contribution is 7.47. The van der Waals surface area contributed by atoms with E-state index in [4.69, 9.17) is 32.3 Å². The molecule has 16 nitrogen and oxygen atoms in total. The second-order valence-corrected chi connectivity index (χ2v) is 28.7. The number of unbranched alkanes of at least 4 members (excludes halogenated alkanes) is 18. The molecule has 0 aliphatic rings. The van der Waals surface area contributed by atoms with Gasteiger partial charge in [0.15, 0.2) is 6.10 Å². The third-order valence-corrected chi connectivity index (χ3v) is 17.7. The van der Waals surface area contributed by atoms with Crippen molar-refractivity contribution >= 4 is 33.6 Å². The smallest absolute Gasteiger partial charge is 0.463 e. The topological polar surface area (TPSA) is 231 Å². The summed E-state index contributed by atoms with van der Waals surface area (Å²) in [5.74, 6) is -1.74. The van der Waals surface area contributed by atoms with E-state index in [1.165, 1.54) is 83.5 Å². The number of rotatable bonds is 73. The Balaban J connectivity index is 4.70. The van der Waals surface area contributed by atoms with Crippen LogP contribution in [-0.4, -0.2) is 95.9 Å². The van der Waals surface area contributed by atoms with Gasteiger partial charge < -0.3 is 34.2 Å². The number of aliphatic hydroxyl groups excluding tert-OH is 2. The fourth-order valence-corrected chi connectivity index (χ4v) is 11.4. The summed E-state index contributed by atoms with van der Waals surface area (Å²) in [6, 6.07) is 0. The molecule has 0 saturated heterocycles. The van der Waals surface area contributed by atoms with Gasteiger partial charge in [-0.2, -0.15) is 0 Å². The minimum absolute atomic E-state index is 0.0389. The summed E-state index contributed by atoms with van der Waals surface area (Å²) in [5, 5.41) is 20.6. The van der Waals surface area contributed by atoms with Gasteiger partial charge in [0.1, 0.15) is 25.4 Å². The van der Waals surface area contributed by atoms with Crippen LogP contribution in [0.2, 0.25) is 0 Å². The minimum Gasteiger partial charge on any atom is -0.463 e. The van der Waals surface area contributed by atoms with Crippen LogP contribution in [0.25, 0.3) is 0 Å². The van der Waals surface area contributed by atoms with Crippen molar-refractivity contribution in [2.24, 2.45) is 0 Å². The lowest BCUT2D eigenvalue weighted by atomic mass is 10.0. The minimum atomic E-state index is -4.97. The molecule has 0 aliphatic carbocycles. The van der Waals surface area contributed by atoms with E-state index in [2.05, 4.69) is 197 Å². The predicted molar refractivity (Wildman–Crippen MR) is 435 cm³/mol. The first-order valence-corrected chi connectivity index (χ1v) is 42.7. The van der Waals surface area contributed by atoms with Crippen molar-refractivity contribution in [3.05, 3.63) is 194 Å². The number of phosphoric acid groups is 2. The van der Waals surface area contributed by atoms with Crippen molar-refractivity contribution in [1.82, 2.24) is 0 Å². The molecule has 0 aromatic heterocycles. The van der Waals surface area contributed by atoms with Crippen molar-refractivity contribution < 1.29 is 75.8 Å². The largest absolute Gasteiger partial charge is 0.472 e. The Kier molecular flexibility index (Phi) is 73.8. The molecule has 0 radical (unpaired) electrons. The van der Waals surface area contributed by atoms with Gasteiger partial charge in [0.05, 0.1) is 26.4 Å². The highest BCUT2D eigenvalue weighted by Crippen LogP contribution is 2.45. The highest BCUT2D eigenvalue weighted by atomic mass is 31.2. The summed E-state index contributed by atoms with van der Waals surface area (Å²) in [7, 11) is -9.85. The van der Waals surface area contributed by atoms with E-state index in [1.54, 1.807) is 0 Å². The summed E-state index contributed by atoms with van der Waals surface area (Å²) in [6.07, 6.45) is 102. The van der Waals surface area contributed by atoms with Crippen LogP contribution < -0.4 is 0 Å². The molecule has 105 heavy (non-hydrogen) atoms. The normalized spacial score (nSPS) is 15.0. The van der Waals surface area contributed by atoms with Crippen LogP contribution in [0.1, 0.15) is 278 Å². The number of ether oxygens (including phenoxy) is 3. The zero-order valence-corrected chi connectivity index (χ0v) is 66.6. The summed E-state index contributed by atoms with van der Waals surface area (Å²) in [5.41, 5.74) is 0. The van der Waals surface area contributed by atoms with Gasteiger partial charge in [0.2, 0.25) is 0 Å². The fraction of sp³-hybridized carbons (Fsp3) is 0.598. The molecule has 0 fully saturated rings. The van der Waals surface area contributed by atoms with E-state index in [-0.39, 0.29) is 19.3 Å². The monoisotopic (exact) mass is 1500 g/mol. The molecular formula is C87H140O16P2. The van der Waals surface area contributed by atoms with Crippen LogP contribution in [0.4, 0.5) is 0 Å². The lowest BCUT2D eigenvalue weighted by Gasteiger charge is -2.21. The van der Waals surface area contributed by atoms with Gasteiger partial charge in [0, 0.05) is 19.3 Å². The van der Waals surface area contributed by atoms with E-state index in [9.17, 15) is 43.5 Å². The fourth-order valence-electron chi connectivity index (χ4n) is 9.82. The molecular weight excluding hydrogens is 1360 g/mol. The van der Waals surface area contributed by atoms with E-state index >= 15 is 0 Å².